The Morgan fingerprint density at radius 1 is 0.935 bits per heavy atom. The van der Waals surface area contributed by atoms with Crippen LogP contribution in [0.5, 0.6) is 0 Å². The zero-order valence-electron chi connectivity index (χ0n) is 17.7. The highest BCUT2D eigenvalue weighted by molar-refractivity contribution is 5.90. The number of alkyl halides is 3. The number of benzene rings is 1. The van der Waals surface area contributed by atoms with Crippen LogP contribution in [0.15, 0.2) is 54.9 Å². The van der Waals surface area contributed by atoms with Gasteiger partial charge in [0.2, 0.25) is 0 Å². The van der Waals surface area contributed by atoms with E-state index in [0.717, 1.165) is 11.3 Å². The van der Waals surface area contributed by atoms with Crippen molar-refractivity contribution >= 4 is 5.97 Å². The highest BCUT2D eigenvalue weighted by Gasteiger charge is 2.36. The van der Waals surface area contributed by atoms with Crippen molar-refractivity contribution in [1.29, 1.82) is 0 Å². The van der Waals surface area contributed by atoms with Crippen molar-refractivity contribution in [1.82, 2.24) is 9.97 Å². The fraction of sp³-hybridized carbons (Fsp3) is 0.292. The van der Waals surface area contributed by atoms with Gasteiger partial charge in [0, 0.05) is 34.6 Å². The number of hydrogen-bond donors (Lipinski definition) is 0. The highest BCUT2D eigenvalue weighted by atomic mass is 19.4. The largest absolute Gasteiger partial charge is 0.462 e. The molecule has 0 unspecified atom stereocenters. The second-order valence-corrected chi connectivity index (χ2v) is 8.10. The van der Waals surface area contributed by atoms with Gasteiger partial charge in [0.05, 0.1) is 12.2 Å². The van der Waals surface area contributed by atoms with Crippen molar-refractivity contribution in [2.75, 3.05) is 6.61 Å². The Balaban J connectivity index is 2.10. The predicted octanol–water partition coefficient (Wildman–Crippen LogP) is 6.30. The average molecular weight is 428 g/mol. The molecule has 0 amide bonds. The van der Waals surface area contributed by atoms with Crippen molar-refractivity contribution in [3.05, 3.63) is 71.8 Å². The van der Waals surface area contributed by atoms with Gasteiger partial charge in [-0.15, -0.1) is 0 Å². The Labute approximate surface area is 179 Å². The van der Waals surface area contributed by atoms with Crippen LogP contribution in [0.25, 0.3) is 22.3 Å². The molecule has 1 aromatic carbocycles. The molecule has 7 heteroatoms. The number of halogens is 3. The van der Waals surface area contributed by atoms with Crippen molar-refractivity contribution in [3.63, 3.8) is 0 Å². The number of nitrogens with zero attached hydrogens (tertiary/aromatic N) is 2. The summed E-state index contributed by atoms with van der Waals surface area (Å²) in [5, 5.41) is 0. The zero-order valence-corrected chi connectivity index (χ0v) is 17.7. The molecule has 31 heavy (non-hydrogen) atoms. The van der Waals surface area contributed by atoms with Crippen LogP contribution in [0.2, 0.25) is 0 Å². The minimum atomic E-state index is -4.62. The van der Waals surface area contributed by atoms with E-state index in [0.29, 0.717) is 11.1 Å². The first-order chi connectivity index (χ1) is 14.5. The topological polar surface area (TPSA) is 52.1 Å². The standard InChI is InChI=1S/C24H23F3N2O2/c1-5-31-22(30)16-8-6-15(7-9-16)19-12-18(14-29-21(19)24(25,26)27)17-10-11-28-20(13-17)23(2,3)4/h6-14H,5H2,1-4H3. The van der Waals surface area contributed by atoms with Crippen molar-refractivity contribution in [3.8, 4) is 22.3 Å². The molecule has 4 nitrogen and oxygen atoms in total. The normalized spacial score (nSPS) is 12.0. The molecule has 0 spiro atoms. The molecule has 0 fully saturated rings. The summed E-state index contributed by atoms with van der Waals surface area (Å²) in [4.78, 5) is 20.0. The van der Waals surface area contributed by atoms with Crippen molar-refractivity contribution in [2.24, 2.45) is 0 Å². The van der Waals surface area contributed by atoms with E-state index >= 15 is 0 Å². The van der Waals surface area contributed by atoms with Gasteiger partial charge in [-0.05, 0) is 48.4 Å². The SMILES string of the molecule is CCOC(=O)c1ccc(-c2cc(-c3ccnc(C(C)(C)C)c3)cnc2C(F)(F)F)cc1. The number of aromatic nitrogens is 2. The maximum Gasteiger partial charge on any atom is 0.433 e. The number of hydrogen-bond acceptors (Lipinski definition) is 4. The van der Waals surface area contributed by atoms with E-state index in [9.17, 15) is 18.0 Å². The van der Waals surface area contributed by atoms with Crippen LogP contribution in [0.3, 0.4) is 0 Å². The summed E-state index contributed by atoms with van der Waals surface area (Å²) in [6, 6.07) is 10.9. The number of carbonyl (C=O) groups is 1. The molecule has 0 N–H and O–H groups in total. The number of carbonyl (C=O) groups excluding carboxylic acids is 1. The van der Waals surface area contributed by atoms with E-state index in [1.165, 1.54) is 36.5 Å². The molecule has 0 atom stereocenters. The molecule has 0 radical (unpaired) electrons. The lowest BCUT2D eigenvalue weighted by Crippen LogP contribution is -2.13. The Morgan fingerprint density at radius 2 is 1.61 bits per heavy atom. The van der Waals surface area contributed by atoms with Crippen molar-refractivity contribution < 1.29 is 22.7 Å². The molecule has 162 valence electrons. The van der Waals surface area contributed by atoms with E-state index in [4.69, 9.17) is 4.74 Å². The van der Waals surface area contributed by atoms with E-state index in [1.54, 1.807) is 19.2 Å². The average Bonchev–Trinajstić information content (AvgIpc) is 2.72. The maximum absolute atomic E-state index is 13.6. The van der Waals surface area contributed by atoms with Gasteiger partial charge in [0.25, 0.3) is 0 Å². The predicted molar refractivity (Wildman–Crippen MR) is 113 cm³/mol. The van der Waals surface area contributed by atoms with Crippen LogP contribution < -0.4 is 0 Å². The molecule has 0 aliphatic rings. The summed E-state index contributed by atoms with van der Waals surface area (Å²) in [6.07, 6.45) is -1.76. The van der Waals surface area contributed by atoms with E-state index < -0.39 is 17.8 Å². The Morgan fingerprint density at radius 3 is 2.19 bits per heavy atom. The smallest absolute Gasteiger partial charge is 0.433 e. The lowest BCUT2D eigenvalue weighted by atomic mass is 9.90. The third kappa shape index (κ3) is 5.10. The number of esters is 1. The molecule has 0 aliphatic carbocycles. The summed E-state index contributed by atoms with van der Waals surface area (Å²) < 4.78 is 45.9. The van der Waals surface area contributed by atoms with Gasteiger partial charge in [-0.3, -0.25) is 9.97 Å². The Kier molecular flexibility index (Phi) is 6.15. The highest BCUT2D eigenvalue weighted by Crippen LogP contribution is 2.38. The number of pyridine rings is 2. The number of ether oxygens (including phenoxy) is 1. The van der Waals surface area contributed by atoms with Gasteiger partial charge in [-0.1, -0.05) is 32.9 Å². The summed E-state index contributed by atoms with van der Waals surface area (Å²) >= 11 is 0. The van der Waals surface area contributed by atoms with Crippen LogP contribution in [0.4, 0.5) is 13.2 Å². The van der Waals surface area contributed by atoms with Crippen LogP contribution in [-0.4, -0.2) is 22.5 Å². The quantitative estimate of drug-likeness (QED) is 0.458. The first kappa shape index (κ1) is 22.5. The summed E-state index contributed by atoms with van der Waals surface area (Å²) in [6.45, 7) is 7.94. The lowest BCUT2D eigenvalue weighted by molar-refractivity contribution is -0.140. The lowest BCUT2D eigenvalue weighted by Gasteiger charge is -2.19. The van der Waals surface area contributed by atoms with Gasteiger partial charge in [-0.2, -0.15) is 13.2 Å². The molecule has 3 aromatic rings. The van der Waals surface area contributed by atoms with Crippen LogP contribution in [-0.2, 0) is 16.3 Å². The molecule has 2 aromatic heterocycles. The molecule has 0 saturated heterocycles. The summed E-state index contributed by atoms with van der Waals surface area (Å²) in [5.41, 5.74) is 1.43. The molecule has 0 saturated carbocycles. The van der Waals surface area contributed by atoms with Gasteiger partial charge >= 0.3 is 12.1 Å². The first-order valence-corrected chi connectivity index (χ1v) is 9.82. The third-order valence-electron chi connectivity index (χ3n) is 4.72. The van der Waals surface area contributed by atoms with Gasteiger partial charge < -0.3 is 4.74 Å². The Hall–Kier alpha value is -3.22. The van der Waals surface area contributed by atoms with E-state index in [1.807, 2.05) is 26.8 Å². The minimum absolute atomic E-state index is 0.0606. The molecular formula is C24H23F3N2O2. The molecule has 0 aliphatic heterocycles. The van der Waals surface area contributed by atoms with Gasteiger partial charge in [0.15, 0.2) is 5.69 Å². The van der Waals surface area contributed by atoms with Gasteiger partial charge in [-0.25, -0.2) is 4.79 Å². The fourth-order valence-corrected chi connectivity index (χ4v) is 3.09. The van der Waals surface area contributed by atoms with Crippen LogP contribution in [0.1, 0.15) is 49.4 Å². The molecule has 0 bridgehead atoms. The fourth-order valence-electron chi connectivity index (χ4n) is 3.09. The molecule has 2 heterocycles. The minimum Gasteiger partial charge on any atom is -0.462 e. The van der Waals surface area contributed by atoms with Crippen LogP contribution in [0, 0.1) is 0 Å². The van der Waals surface area contributed by atoms with E-state index in [-0.39, 0.29) is 23.1 Å². The van der Waals surface area contributed by atoms with Crippen molar-refractivity contribution in [2.45, 2.75) is 39.3 Å². The molecule has 3 rings (SSSR count). The monoisotopic (exact) mass is 428 g/mol. The first-order valence-electron chi connectivity index (χ1n) is 9.82. The maximum atomic E-state index is 13.6. The van der Waals surface area contributed by atoms with Gasteiger partial charge in [0.1, 0.15) is 0 Å². The number of rotatable bonds is 4. The Bertz CT molecular complexity index is 1090. The van der Waals surface area contributed by atoms with Crippen LogP contribution >= 0.6 is 0 Å². The summed E-state index contributed by atoms with van der Waals surface area (Å²) in [7, 11) is 0. The molecular weight excluding hydrogens is 405 g/mol. The summed E-state index contributed by atoms with van der Waals surface area (Å²) in [5.74, 6) is -0.525. The second kappa shape index (κ2) is 8.49. The van der Waals surface area contributed by atoms with E-state index in [2.05, 4.69) is 9.97 Å². The zero-order chi connectivity index (χ0) is 22.8. The second-order valence-electron chi connectivity index (χ2n) is 8.10. The third-order valence-corrected chi connectivity index (χ3v) is 4.72.